The van der Waals surface area contributed by atoms with Crippen molar-refractivity contribution in [2.24, 2.45) is 5.92 Å². The quantitative estimate of drug-likeness (QED) is 0.733. The van der Waals surface area contributed by atoms with Gasteiger partial charge in [0.25, 0.3) is 0 Å². The zero-order valence-corrected chi connectivity index (χ0v) is 11.8. The van der Waals surface area contributed by atoms with Crippen LogP contribution in [0.5, 0.6) is 0 Å². The Hall–Kier alpha value is -0.510. The SMILES string of the molecule is CC(C)CNCc1cccc(SCC(C)O)c1. The number of aliphatic hydroxyl groups is 1. The fourth-order valence-electron chi connectivity index (χ4n) is 1.47. The Morgan fingerprint density at radius 3 is 2.71 bits per heavy atom. The number of nitrogens with one attached hydrogen (secondary N) is 1. The van der Waals surface area contributed by atoms with Crippen molar-refractivity contribution in [2.75, 3.05) is 12.3 Å². The van der Waals surface area contributed by atoms with E-state index in [0.29, 0.717) is 5.92 Å². The van der Waals surface area contributed by atoms with Crippen molar-refractivity contribution in [3.05, 3.63) is 29.8 Å². The van der Waals surface area contributed by atoms with E-state index in [2.05, 4.69) is 43.4 Å². The number of thioether (sulfide) groups is 1. The molecule has 2 nitrogen and oxygen atoms in total. The van der Waals surface area contributed by atoms with Gasteiger partial charge in [0.2, 0.25) is 0 Å². The van der Waals surface area contributed by atoms with Crippen LogP contribution in [0.4, 0.5) is 0 Å². The molecular formula is C14H23NOS. The predicted octanol–water partition coefficient (Wildman–Crippen LogP) is 2.91. The van der Waals surface area contributed by atoms with Gasteiger partial charge in [-0.25, -0.2) is 0 Å². The number of hydrogen-bond acceptors (Lipinski definition) is 3. The highest BCUT2D eigenvalue weighted by atomic mass is 32.2. The number of hydrogen-bond donors (Lipinski definition) is 2. The molecule has 0 fully saturated rings. The molecular weight excluding hydrogens is 230 g/mol. The van der Waals surface area contributed by atoms with Crippen LogP contribution in [0.15, 0.2) is 29.2 Å². The standard InChI is InChI=1S/C14H23NOS/c1-11(2)8-15-9-13-5-4-6-14(7-13)17-10-12(3)16/h4-7,11-12,15-16H,8-10H2,1-3H3. The molecule has 0 bridgehead atoms. The second kappa shape index (κ2) is 7.75. The fourth-order valence-corrected chi connectivity index (χ4v) is 2.31. The van der Waals surface area contributed by atoms with Crippen LogP contribution in [0.3, 0.4) is 0 Å². The highest BCUT2D eigenvalue weighted by Crippen LogP contribution is 2.19. The van der Waals surface area contributed by atoms with Crippen LogP contribution in [0, 0.1) is 5.92 Å². The summed E-state index contributed by atoms with van der Waals surface area (Å²) in [6.45, 7) is 8.21. The van der Waals surface area contributed by atoms with Crippen LogP contribution in [-0.4, -0.2) is 23.5 Å². The van der Waals surface area contributed by atoms with Crippen molar-refractivity contribution in [3.8, 4) is 0 Å². The molecule has 0 aromatic heterocycles. The van der Waals surface area contributed by atoms with E-state index >= 15 is 0 Å². The van der Waals surface area contributed by atoms with Gasteiger partial charge in [-0.1, -0.05) is 26.0 Å². The van der Waals surface area contributed by atoms with Crippen LogP contribution in [0.1, 0.15) is 26.3 Å². The second-order valence-electron chi connectivity index (χ2n) is 4.83. The third-order valence-corrected chi connectivity index (χ3v) is 3.51. The molecule has 0 spiro atoms. The molecule has 0 aliphatic rings. The second-order valence-corrected chi connectivity index (χ2v) is 5.93. The number of benzene rings is 1. The first-order valence-corrected chi connectivity index (χ1v) is 7.17. The molecule has 96 valence electrons. The summed E-state index contributed by atoms with van der Waals surface area (Å²) in [5.41, 5.74) is 1.31. The molecule has 0 aliphatic carbocycles. The Bertz CT molecular complexity index is 326. The van der Waals surface area contributed by atoms with E-state index < -0.39 is 0 Å². The zero-order valence-electron chi connectivity index (χ0n) is 10.9. The molecule has 0 radical (unpaired) electrons. The lowest BCUT2D eigenvalue weighted by Gasteiger charge is -2.09. The molecule has 2 N–H and O–H groups in total. The van der Waals surface area contributed by atoms with Gasteiger partial charge in [-0.3, -0.25) is 0 Å². The highest BCUT2D eigenvalue weighted by Gasteiger charge is 2.00. The van der Waals surface area contributed by atoms with Crippen molar-refractivity contribution in [1.29, 1.82) is 0 Å². The summed E-state index contributed by atoms with van der Waals surface area (Å²) in [5.74, 6) is 1.44. The van der Waals surface area contributed by atoms with Gasteiger partial charge < -0.3 is 10.4 Å². The van der Waals surface area contributed by atoms with Crippen LogP contribution in [0.25, 0.3) is 0 Å². The van der Waals surface area contributed by atoms with Crippen molar-refractivity contribution in [2.45, 2.75) is 38.3 Å². The Morgan fingerprint density at radius 2 is 2.06 bits per heavy atom. The molecule has 3 heteroatoms. The summed E-state index contributed by atoms with van der Waals surface area (Å²) >= 11 is 1.70. The third kappa shape index (κ3) is 6.71. The largest absolute Gasteiger partial charge is 0.393 e. The van der Waals surface area contributed by atoms with E-state index in [4.69, 9.17) is 0 Å². The van der Waals surface area contributed by atoms with E-state index in [1.807, 2.05) is 6.92 Å². The van der Waals surface area contributed by atoms with Gasteiger partial charge in [-0.05, 0) is 37.1 Å². The Balaban J connectivity index is 2.42. The lowest BCUT2D eigenvalue weighted by atomic mass is 10.2. The van der Waals surface area contributed by atoms with E-state index in [-0.39, 0.29) is 6.10 Å². The maximum absolute atomic E-state index is 9.25. The van der Waals surface area contributed by atoms with E-state index in [9.17, 15) is 5.11 Å². The number of rotatable bonds is 7. The van der Waals surface area contributed by atoms with Crippen molar-refractivity contribution in [3.63, 3.8) is 0 Å². The summed E-state index contributed by atoms with van der Waals surface area (Å²) in [4.78, 5) is 1.23. The first kappa shape index (κ1) is 14.6. The minimum Gasteiger partial charge on any atom is -0.393 e. The number of aliphatic hydroxyl groups excluding tert-OH is 1. The summed E-state index contributed by atoms with van der Waals surface area (Å²) in [5, 5.41) is 12.7. The maximum atomic E-state index is 9.25. The molecule has 0 saturated carbocycles. The molecule has 1 atom stereocenters. The van der Waals surface area contributed by atoms with Crippen molar-refractivity contribution < 1.29 is 5.11 Å². The first-order valence-electron chi connectivity index (χ1n) is 6.18. The van der Waals surface area contributed by atoms with E-state index in [0.717, 1.165) is 18.8 Å². The summed E-state index contributed by atoms with van der Waals surface area (Å²) < 4.78 is 0. The average Bonchev–Trinajstić information content (AvgIpc) is 2.26. The molecule has 1 unspecified atom stereocenters. The molecule has 0 saturated heterocycles. The van der Waals surface area contributed by atoms with E-state index in [1.165, 1.54) is 10.5 Å². The average molecular weight is 253 g/mol. The minimum absolute atomic E-state index is 0.247. The van der Waals surface area contributed by atoms with Crippen LogP contribution in [-0.2, 0) is 6.54 Å². The minimum atomic E-state index is -0.247. The molecule has 0 aliphatic heterocycles. The fraction of sp³-hybridized carbons (Fsp3) is 0.571. The first-order chi connectivity index (χ1) is 8.08. The third-order valence-electron chi connectivity index (χ3n) is 2.27. The molecule has 0 amide bonds. The van der Waals surface area contributed by atoms with Gasteiger partial charge in [-0.15, -0.1) is 11.8 Å². The summed E-state index contributed by atoms with van der Waals surface area (Å²) in [7, 11) is 0. The predicted molar refractivity (Wildman–Crippen MR) is 75.4 cm³/mol. The Labute approximate surface area is 109 Å². The Kier molecular flexibility index (Phi) is 6.63. The van der Waals surface area contributed by atoms with Crippen molar-refractivity contribution in [1.82, 2.24) is 5.32 Å². The zero-order chi connectivity index (χ0) is 12.7. The Morgan fingerprint density at radius 1 is 1.29 bits per heavy atom. The van der Waals surface area contributed by atoms with Crippen molar-refractivity contribution >= 4 is 11.8 Å². The summed E-state index contributed by atoms with van der Waals surface area (Å²) in [6, 6.07) is 8.51. The molecule has 1 rings (SSSR count). The van der Waals surface area contributed by atoms with Crippen LogP contribution >= 0.6 is 11.8 Å². The van der Waals surface area contributed by atoms with Gasteiger partial charge in [-0.2, -0.15) is 0 Å². The van der Waals surface area contributed by atoms with Gasteiger partial charge >= 0.3 is 0 Å². The lowest BCUT2D eigenvalue weighted by molar-refractivity contribution is 0.220. The van der Waals surface area contributed by atoms with Gasteiger partial charge in [0, 0.05) is 17.2 Å². The van der Waals surface area contributed by atoms with Crippen LogP contribution < -0.4 is 5.32 Å². The summed E-state index contributed by atoms with van der Waals surface area (Å²) in [6.07, 6.45) is -0.247. The van der Waals surface area contributed by atoms with Gasteiger partial charge in [0.15, 0.2) is 0 Å². The molecule has 1 aromatic rings. The maximum Gasteiger partial charge on any atom is 0.0606 e. The van der Waals surface area contributed by atoms with E-state index in [1.54, 1.807) is 11.8 Å². The molecule has 17 heavy (non-hydrogen) atoms. The normalized spacial score (nSPS) is 13.0. The van der Waals surface area contributed by atoms with Crippen LogP contribution in [0.2, 0.25) is 0 Å². The monoisotopic (exact) mass is 253 g/mol. The smallest absolute Gasteiger partial charge is 0.0606 e. The lowest BCUT2D eigenvalue weighted by Crippen LogP contribution is -2.18. The van der Waals surface area contributed by atoms with Gasteiger partial charge in [0.05, 0.1) is 6.10 Å². The molecule has 1 aromatic carbocycles. The highest BCUT2D eigenvalue weighted by molar-refractivity contribution is 7.99. The topological polar surface area (TPSA) is 32.3 Å². The molecule has 0 heterocycles. The van der Waals surface area contributed by atoms with Gasteiger partial charge in [0.1, 0.15) is 0 Å².